The number of carbonyl (C=O) groups excluding carboxylic acids is 2. The summed E-state index contributed by atoms with van der Waals surface area (Å²) in [5.41, 5.74) is -1.81. The van der Waals surface area contributed by atoms with Crippen LogP contribution in [0.2, 0.25) is 0 Å². The van der Waals surface area contributed by atoms with Crippen molar-refractivity contribution in [1.29, 1.82) is 0 Å². The highest BCUT2D eigenvalue weighted by atomic mass is 16.8. The van der Waals surface area contributed by atoms with Gasteiger partial charge < -0.3 is 28.8 Å². The number of H-pyrrole nitrogens is 1. The van der Waals surface area contributed by atoms with E-state index in [0.717, 1.165) is 0 Å². The molecule has 4 rings (SSSR count). The largest absolute Gasteiger partial charge is 0.511 e. The number of ether oxygens (including phenoxy) is 5. The van der Waals surface area contributed by atoms with Crippen molar-refractivity contribution in [2.24, 2.45) is 0 Å². The summed E-state index contributed by atoms with van der Waals surface area (Å²) in [5, 5.41) is 29.6. The average molecular weight is 559 g/mol. The van der Waals surface area contributed by atoms with Crippen LogP contribution in [0.4, 0.5) is 4.79 Å². The Bertz CT molecular complexity index is 1400. The van der Waals surface area contributed by atoms with E-state index >= 15 is 0 Å². The van der Waals surface area contributed by atoms with Gasteiger partial charge in [0.15, 0.2) is 11.9 Å². The number of esters is 1. The number of aromatic amines is 1. The zero-order chi connectivity index (χ0) is 28.9. The number of tetrazole rings is 1. The van der Waals surface area contributed by atoms with Crippen molar-refractivity contribution < 1.29 is 38.4 Å². The number of nitrogens with zero attached hydrogens (tertiary/aromatic N) is 5. The van der Waals surface area contributed by atoms with Crippen LogP contribution in [0, 0.1) is 0 Å². The molecular formula is C25H30N6O9. The van der Waals surface area contributed by atoms with Crippen LogP contribution >= 0.6 is 0 Å². The Morgan fingerprint density at radius 3 is 2.67 bits per heavy atom. The lowest BCUT2D eigenvalue weighted by atomic mass is 9.76. The molecule has 0 saturated carbocycles. The zero-order valence-corrected chi connectivity index (χ0v) is 22.4. The summed E-state index contributed by atoms with van der Waals surface area (Å²) in [5.74, 6) is 0.447. The third-order valence-electron chi connectivity index (χ3n) is 6.48. The number of fused-ring (bicyclic) bond motifs is 1. The van der Waals surface area contributed by atoms with Crippen LogP contribution in [0.25, 0.3) is 11.4 Å². The van der Waals surface area contributed by atoms with Gasteiger partial charge in [0.05, 0.1) is 6.61 Å². The van der Waals surface area contributed by atoms with E-state index in [1.54, 1.807) is 45.9 Å². The van der Waals surface area contributed by atoms with Gasteiger partial charge in [-0.3, -0.25) is 9.59 Å². The van der Waals surface area contributed by atoms with Gasteiger partial charge >= 0.3 is 12.1 Å². The van der Waals surface area contributed by atoms with E-state index in [-0.39, 0.29) is 31.0 Å². The third-order valence-corrected chi connectivity index (χ3v) is 6.48. The summed E-state index contributed by atoms with van der Waals surface area (Å²) >= 11 is 0. The molecule has 3 heterocycles. The second kappa shape index (κ2) is 11.7. The zero-order valence-electron chi connectivity index (χ0n) is 22.4. The Kier molecular flexibility index (Phi) is 8.32. The summed E-state index contributed by atoms with van der Waals surface area (Å²) in [6, 6.07) is 7.94. The minimum atomic E-state index is -1.51. The Morgan fingerprint density at radius 2 is 1.95 bits per heavy atom. The first-order chi connectivity index (χ1) is 19.0. The van der Waals surface area contributed by atoms with Crippen LogP contribution in [0.1, 0.15) is 52.2 Å². The summed E-state index contributed by atoms with van der Waals surface area (Å²) in [4.78, 5) is 34.5. The molecule has 0 amide bonds. The maximum absolute atomic E-state index is 12.0. The number of hydrogen-bond donors (Lipinski definition) is 2. The van der Waals surface area contributed by atoms with Crippen molar-refractivity contribution in [2.75, 3.05) is 13.4 Å². The topological polar surface area (TPSA) is 190 Å². The molecule has 0 aliphatic carbocycles. The molecule has 40 heavy (non-hydrogen) atoms. The van der Waals surface area contributed by atoms with E-state index in [9.17, 15) is 19.5 Å². The third kappa shape index (κ3) is 6.20. The monoisotopic (exact) mass is 558 g/mol. The Hall–Kier alpha value is -4.53. The van der Waals surface area contributed by atoms with Crippen LogP contribution in [0.5, 0.6) is 11.6 Å². The first-order valence-electron chi connectivity index (χ1n) is 12.5. The molecule has 0 bridgehead atoms. The van der Waals surface area contributed by atoms with Gasteiger partial charge in [0, 0.05) is 36.2 Å². The summed E-state index contributed by atoms with van der Waals surface area (Å²) < 4.78 is 27.8. The van der Waals surface area contributed by atoms with Crippen LogP contribution in [-0.2, 0) is 25.5 Å². The van der Waals surface area contributed by atoms with Crippen molar-refractivity contribution in [3.05, 3.63) is 46.2 Å². The summed E-state index contributed by atoms with van der Waals surface area (Å²) in [6.45, 7) is 6.61. The molecule has 2 atom stereocenters. The van der Waals surface area contributed by atoms with Crippen molar-refractivity contribution in [3.8, 4) is 23.0 Å². The molecule has 0 saturated heterocycles. The van der Waals surface area contributed by atoms with E-state index < -0.39 is 36.2 Å². The average Bonchev–Trinajstić information content (AvgIpc) is 3.36. The minimum Gasteiger partial charge on any atom is -0.484 e. The second-order valence-corrected chi connectivity index (χ2v) is 9.56. The van der Waals surface area contributed by atoms with E-state index in [4.69, 9.17) is 14.2 Å². The van der Waals surface area contributed by atoms with Gasteiger partial charge in [0.2, 0.25) is 12.7 Å². The van der Waals surface area contributed by atoms with Gasteiger partial charge in [-0.2, -0.15) is 0 Å². The number of nitrogens with one attached hydrogen (secondary N) is 1. The summed E-state index contributed by atoms with van der Waals surface area (Å²) in [7, 11) is 0. The number of aromatic nitrogens is 6. The predicted molar refractivity (Wildman–Crippen MR) is 135 cm³/mol. The fraction of sp³-hybridized carbons (Fsp3) is 0.480. The SMILES string of the molecule is CCOC(=O)OCOC(=O)CCCn1nnnc1-c1ccc2c(c1)[C@@H](Oc1ccc(=O)[nH]n1)[C@](C)(O)C(C)(C)O2. The van der Waals surface area contributed by atoms with Crippen LogP contribution in [0.15, 0.2) is 35.1 Å². The minimum absolute atomic E-state index is 0.0313. The molecule has 1 aromatic carbocycles. The lowest BCUT2D eigenvalue weighted by molar-refractivity contribution is -0.175. The van der Waals surface area contributed by atoms with E-state index in [1.165, 1.54) is 16.8 Å². The fourth-order valence-electron chi connectivity index (χ4n) is 3.99. The van der Waals surface area contributed by atoms with E-state index in [1.807, 2.05) is 0 Å². The van der Waals surface area contributed by atoms with Gasteiger partial charge in [0.25, 0.3) is 5.56 Å². The predicted octanol–water partition coefficient (Wildman–Crippen LogP) is 1.92. The number of aryl methyl sites for hydroxylation is 1. The number of hydrogen-bond acceptors (Lipinski definition) is 13. The second-order valence-electron chi connectivity index (χ2n) is 9.56. The van der Waals surface area contributed by atoms with Crippen LogP contribution < -0.4 is 15.0 Å². The smallest absolute Gasteiger partial charge is 0.484 e. The van der Waals surface area contributed by atoms with Gasteiger partial charge in [-0.25, -0.2) is 14.6 Å². The first kappa shape index (κ1) is 28.5. The van der Waals surface area contributed by atoms with Crippen molar-refractivity contribution in [2.45, 2.75) is 64.4 Å². The van der Waals surface area contributed by atoms with E-state index in [2.05, 4.69) is 35.2 Å². The normalized spacial score (nSPS) is 19.2. The van der Waals surface area contributed by atoms with Crippen molar-refractivity contribution >= 4 is 12.1 Å². The molecular weight excluding hydrogens is 528 g/mol. The molecule has 0 spiro atoms. The quantitative estimate of drug-likeness (QED) is 0.271. The molecule has 2 aromatic heterocycles. The maximum atomic E-state index is 12.0. The molecule has 2 N–H and O–H groups in total. The Morgan fingerprint density at radius 1 is 1.15 bits per heavy atom. The molecule has 0 radical (unpaired) electrons. The molecule has 1 aliphatic rings. The van der Waals surface area contributed by atoms with Crippen LogP contribution in [-0.4, -0.2) is 72.2 Å². The van der Waals surface area contributed by atoms with E-state index in [0.29, 0.717) is 29.1 Å². The van der Waals surface area contributed by atoms with Crippen molar-refractivity contribution in [3.63, 3.8) is 0 Å². The highest BCUT2D eigenvalue weighted by Crippen LogP contribution is 2.48. The number of benzene rings is 1. The molecule has 15 heteroatoms. The highest BCUT2D eigenvalue weighted by molar-refractivity contribution is 5.69. The lowest BCUT2D eigenvalue weighted by Crippen LogP contribution is -2.59. The number of carbonyl (C=O) groups is 2. The molecule has 1 aliphatic heterocycles. The van der Waals surface area contributed by atoms with Gasteiger partial charge in [-0.15, -0.1) is 10.2 Å². The molecule has 0 unspecified atom stereocenters. The fourth-order valence-corrected chi connectivity index (χ4v) is 3.99. The standard InChI is InChI=1S/C25H30N6O9/c1-5-36-23(34)38-14-37-20(33)7-6-12-31-22(28-29-30-31)15-8-9-17-16(13-15)21(25(4,35)24(2,3)40-17)39-19-11-10-18(32)26-27-19/h8-11,13,21,35H,5-7,12,14H2,1-4H3,(H,26,32)/t21-,25+/m1/s1. The van der Waals surface area contributed by atoms with Gasteiger partial charge in [-0.1, -0.05) is 0 Å². The van der Waals surface area contributed by atoms with Gasteiger partial charge in [0.1, 0.15) is 17.0 Å². The molecule has 15 nitrogen and oxygen atoms in total. The van der Waals surface area contributed by atoms with Crippen LogP contribution in [0.3, 0.4) is 0 Å². The molecule has 0 fully saturated rings. The van der Waals surface area contributed by atoms with Gasteiger partial charge in [-0.05, 0) is 62.7 Å². The number of aliphatic hydroxyl groups is 1. The highest BCUT2D eigenvalue weighted by Gasteiger charge is 2.54. The Labute approximate surface area is 228 Å². The lowest BCUT2D eigenvalue weighted by Gasteiger charge is -2.48. The number of rotatable bonds is 10. The molecule has 3 aromatic rings. The Balaban J connectivity index is 1.49. The first-order valence-corrected chi connectivity index (χ1v) is 12.5. The maximum Gasteiger partial charge on any atom is 0.511 e. The summed E-state index contributed by atoms with van der Waals surface area (Å²) in [6.07, 6.45) is -1.47. The van der Waals surface area contributed by atoms with Crippen molar-refractivity contribution in [1.82, 2.24) is 30.4 Å². The molecule has 214 valence electrons.